The van der Waals surface area contributed by atoms with E-state index in [1.165, 1.54) is 17.4 Å². The molecule has 0 aromatic carbocycles. The van der Waals surface area contributed by atoms with Gasteiger partial charge < -0.3 is 37.1 Å². The molecule has 4 atom stereocenters. The molecule has 0 saturated carbocycles. The van der Waals surface area contributed by atoms with E-state index in [0.717, 1.165) is 0 Å². The highest BCUT2D eigenvalue weighted by molar-refractivity contribution is 7.80. The Kier molecular flexibility index (Phi) is 10.6. The summed E-state index contributed by atoms with van der Waals surface area (Å²) in [5.41, 5.74) is 11.9. The zero-order valence-corrected chi connectivity index (χ0v) is 19.3. The maximum atomic E-state index is 13.3. The zero-order valence-electron chi connectivity index (χ0n) is 18.4. The second-order valence-electron chi connectivity index (χ2n) is 8.00. The van der Waals surface area contributed by atoms with Crippen molar-refractivity contribution in [3.63, 3.8) is 0 Å². The van der Waals surface area contributed by atoms with E-state index in [4.69, 9.17) is 11.5 Å². The summed E-state index contributed by atoms with van der Waals surface area (Å²) in [5, 5.41) is 14.8. The highest BCUT2D eigenvalue weighted by Gasteiger charge is 2.38. The van der Waals surface area contributed by atoms with Crippen LogP contribution in [0.5, 0.6) is 0 Å². The van der Waals surface area contributed by atoms with Crippen LogP contribution >= 0.6 is 12.6 Å². The molecular formula is C20H33N7O5S. The number of carbonyl (C=O) groups is 4. The van der Waals surface area contributed by atoms with Crippen LogP contribution in [0.15, 0.2) is 12.5 Å². The number of aromatic nitrogens is 2. The summed E-state index contributed by atoms with van der Waals surface area (Å²) < 4.78 is 0. The Balaban J connectivity index is 2.19. The summed E-state index contributed by atoms with van der Waals surface area (Å²) in [6.07, 6.45) is 5.52. The van der Waals surface area contributed by atoms with Crippen molar-refractivity contribution in [3.8, 4) is 0 Å². The van der Waals surface area contributed by atoms with Crippen molar-refractivity contribution in [1.82, 2.24) is 25.5 Å². The number of imidazole rings is 1. The quantitative estimate of drug-likeness (QED) is 0.128. The van der Waals surface area contributed by atoms with Crippen LogP contribution in [0.25, 0.3) is 0 Å². The number of nitrogens with two attached hydrogens (primary N) is 2. The molecule has 184 valence electrons. The predicted molar refractivity (Wildman–Crippen MR) is 123 cm³/mol. The highest BCUT2D eigenvalue weighted by atomic mass is 32.1. The molecule has 1 aromatic heterocycles. The van der Waals surface area contributed by atoms with Crippen molar-refractivity contribution in [2.45, 2.75) is 62.7 Å². The summed E-state index contributed by atoms with van der Waals surface area (Å²) in [4.78, 5) is 58.3. The molecule has 4 unspecified atom stereocenters. The van der Waals surface area contributed by atoms with Crippen molar-refractivity contribution in [3.05, 3.63) is 18.2 Å². The molecule has 8 N–H and O–H groups in total. The molecule has 2 rings (SSSR count). The lowest BCUT2D eigenvalue weighted by atomic mass is 10.1. The van der Waals surface area contributed by atoms with E-state index in [1.54, 1.807) is 0 Å². The van der Waals surface area contributed by atoms with Gasteiger partial charge in [0.1, 0.15) is 18.1 Å². The number of hydrogen-bond acceptors (Lipinski definition) is 8. The number of nitrogens with zero attached hydrogens (tertiary/aromatic N) is 2. The lowest BCUT2D eigenvalue weighted by Gasteiger charge is -2.28. The second kappa shape index (κ2) is 13.2. The van der Waals surface area contributed by atoms with E-state index < -0.39 is 47.9 Å². The number of aliphatic carboxylic acids is 1. The Bertz CT molecular complexity index is 807. The molecule has 0 aliphatic carbocycles. The number of carbonyl (C=O) groups excluding carboxylic acids is 3. The molecule has 1 aliphatic rings. The number of hydrogen-bond donors (Lipinski definition) is 7. The van der Waals surface area contributed by atoms with E-state index in [9.17, 15) is 24.3 Å². The van der Waals surface area contributed by atoms with Gasteiger partial charge in [0, 0.05) is 30.6 Å². The lowest BCUT2D eigenvalue weighted by Crippen LogP contribution is -2.57. The normalized spacial score (nSPS) is 18.4. The number of rotatable bonds is 13. The van der Waals surface area contributed by atoms with Crippen LogP contribution in [0.2, 0.25) is 0 Å². The maximum absolute atomic E-state index is 13.3. The highest BCUT2D eigenvalue weighted by Crippen LogP contribution is 2.19. The van der Waals surface area contributed by atoms with Gasteiger partial charge in [0.2, 0.25) is 17.7 Å². The Morgan fingerprint density at radius 2 is 1.97 bits per heavy atom. The van der Waals surface area contributed by atoms with E-state index in [-0.39, 0.29) is 12.2 Å². The molecule has 0 radical (unpaired) electrons. The van der Waals surface area contributed by atoms with E-state index >= 15 is 0 Å². The van der Waals surface area contributed by atoms with Gasteiger partial charge in [0.05, 0.1) is 12.4 Å². The second-order valence-corrected chi connectivity index (χ2v) is 8.37. The van der Waals surface area contributed by atoms with Gasteiger partial charge >= 0.3 is 5.97 Å². The van der Waals surface area contributed by atoms with E-state index in [0.29, 0.717) is 50.9 Å². The summed E-state index contributed by atoms with van der Waals surface area (Å²) in [6, 6.07) is -3.79. The molecule has 1 aromatic rings. The van der Waals surface area contributed by atoms with Crippen LogP contribution in [0.1, 0.15) is 37.8 Å². The molecule has 1 saturated heterocycles. The van der Waals surface area contributed by atoms with E-state index in [1.807, 2.05) is 0 Å². The average Bonchev–Trinajstić information content (AvgIpc) is 3.49. The average molecular weight is 484 g/mol. The molecule has 3 amide bonds. The summed E-state index contributed by atoms with van der Waals surface area (Å²) in [5.74, 6) is -2.56. The number of carboxylic acid groups (broad SMARTS) is 1. The number of thiol groups is 1. The fraction of sp³-hybridized carbons (Fsp3) is 0.650. The van der Waals surface area contributed by atoms with Crippen LogP contribution in [0.3, 0.4) is 0 Å². The Labute approximate surface area is 197 Å². The first kappa shape index (κ1) is 26.6. The van der Waals surface area contributed by atoms with Gasteiger partial charge in [-0.25, -0.2) is 9.78 Å². The van der Waals surface area contributed by atoms with Crippen molar-refractivity contribution in [1.29, 1.82) is 0 Å². The standard InChI is InChI=1S/C20H33N7O5S/c21-6-2-1-4-14(25-17(28)13(22)10-33)18(29)26-15(8-12-9-23-11-24-12)19(30)27-7-3-5-16(27)20(31)32/h9,11,13-16,33H,1-8,10,21-22H2,(H,23,24)(H,25,28)(H,26,29)(H,31,32). The van der Waals surface area contributed by atoms with Crippen LogP contribution in [-0.2, 0) is 25.6 Å². The molecule has 13 heteroatoms. The van der Waals surface area contributed by atoms with Gasteiger partial charge in [-0.2, -0.15) is 12.6 Å². The molecular weight excluding hydrogens is 450 g/mol. The third kappa shape index (κ3) is 7.72. The molecule has 33 heavy (non-hydrogen) atoms. The van der Waals surface area contributed by atoms with Gasteiger partial charge in [-0.1, -0.05) is 0 Å². The minimum Gasteiger partial charge on any atom is -0.480 e. The van der Waals surface area contributed by atoms with Crippen molar-refractivity contribution in [2.75, 3.05) is 18.8 Å². The minimum atomic E-state index is -1.08. The third-order valence-electron chi connectivity index (χ3n) is 5.53. The summed E-state index contributed by atoms with van der Waals surface area (Å²) >= 11 is 4.01. The minimum absolute atomic E-state index is 0.0903. The van der Waals surface area contributed by atoms with Gasteiger partial charge in [-0.15, -0.1) is 0 Å². The van der Waals surface area contributed by atoms with Gasteiger partial charge in [0.25, 0.3) is 0 Å². The van der Waals surface area contributed by atoms with Crippen LogP contribution < -0.4 is 22.1 Å². The fourth-order valence-corrected chi connectivity index (χ4v) is 3.87. The monoisotopic (exact) mass is 483 g/mol. The van der Waals surface area contributed by atoms with E-state index in [2.05, 4.69) is 33.2 Å². The summed E-state index contributed by atoms with van der Waals surface area (Å²) in [6.45, 7) is 0.726. The Morgan fingerprint density at radius 3 is 2.58 bits per heavy atom. The first-order valence-electron chi connectivity index (χ1n) is 11.0. The fourth-order valence-electron chi connectivity index (χ4n) is 3.70. The smallest absolute Gasteiger partial charge is 0.326 e. The van der Waals surface area contributed by atoms with Gasteiger partial charge in [-0.3, -0.25) is 14.4 Å². The number of H-pyrrole nitrogens is 1. The lowest BCUT2D eigenvalue weighted by molar-refractivity contribution is -0.149. The largest absolute Gasteiger partial charge is 0.480 e. The van der Waals surface area contributed by atoms with Crippen molar-refractivity contribution >= 4 is 36.3 Å². The zero-order chi connectivity index (χ0) is 24.4. The van der Waals surface area contributed by atoms with Crippen molar-refractivity contribution in [2.24, 2.45) is 11.5 Å². The number of amides is 3. The van der Waals surface area contributed by atoms with Crippen LogP contribution in [-0.4, -0.2) is 86.7 Å². The molecule has 1 fully saturated rings. The Morgan fingerprint density at radius 1 is 1.24 bits per heavy atom. The van der Waals surface area contributed by atoms with Crippen LogP contribution in [0.4, 0.5) is 0 Å². The summed E-state index contributed by atoms with van der Waals surface area (Å²) in [7, 11) is 0. The number of carboxylic acids is 1. The Hall–Kier alpha value is -2.64. The number of nitrogens with one attached hydrogen (secondary N) is 3. The van der Waals surface area contributed by atoms with Crippen LogP contribution in [0, 0.1) is 0 Å². The van der Waals surface area contributed by atoms with Gasteiger partial charge in [0.15, 0.2) is 0 Å². The molecule has 0 bridgehead atoms. The first-order chi connectivity index (χ1) is 15.8. The molecule has 0 spiro atoms. The SMILES string of the molecule is NCCCCC(NC(=O)C(N)CS)C(=O)NC(Cc1cnc[nH]1)C(=O)N1CCCC1C(=O)O. The number of aromatic amines is 1. The maximum Gasteiger partial charge on any atom is 0.326 e. The third-order valence-corrected chi connectivity index (χ3v) is 5.92. The van der Waals surface area contributed by atoms with Gasteiger partial charge in [-0.05, 0) is 38.6 Å². The number of likely N-dealkylation sites (tertiary alicyclic amines) is 1. The molecule has 1 aliphatic heterocycles. The first-order valence-corrected chi connectivity index (χ1v) is 11.6. The van der Waals surface area contributed by atoms with Crippen molar-refractivity contribution < 1.29 is 24.3 Å². The predicted octanol–water partition coefficient (Wildman–Crippen LogP) is -1.62. The topological polar surface area (TPSA) is 197 Å². The molecule has 2 heterocycles. The number of unbranched alkanes of at least 4 members (excludes halogenated alkanes) is 1. The molecule has 12 nitrogen and oxygen atoms in total.